The fraction of sp³-hybridized carbons (Fsp3) is 0.571. The third-order valence-electron chi connectivity index (χ3n) is 3.50. The molecule has 19 heavy (non-hydrogen) atoms. The van der Waals surface area contributed by atoms with E-state index in [0.717, 1.165) is 24.9 Å². The number of fused-ring (bicyclic) bond motifs is 1. The molecule has 2 N–H and O–H groups in total. The molecule has 1 aliphatic rings. The SMILES string of the molecule is CNCCCS(=O)(=O)Nc1cccc2c1CCCC2. The summed E-state index contributed by atoms with van der Waals surface area (Å²) in [5.41, 5.74) is 3.26. The van der Waals surface area contributed by atoms with Gasteiger partial charge in [0.1, 0.15) is 0 Å². The minimum atomic E-state index is -3.23. The smallest absolute Gasteiger partial charge is 0.232 e. The highest BCUT2D eigenvalue weighted by molar-refractivity contribution is 7.92. The van der Waals surface area contributed by atoms with Crippen molar-refractivity contribution < 1.29 is 8.42 Å². The number of benzene rings is 1. The monoisotopic (exact) mass is 282 g/mol. The van der Waals surface area contributed by atoms with Crippen molar-refractivity contribution in [2.45, 2.75) is 32.1 Å². The Balaban J connectivity index is 2.10. The second-order valence-electron chi connectivity index (χ2n) is 5.03. The van der Waals surface area contributed by atoms with E-state index in [9.17, 15) is 8.42 Å². The summed E-state index contributed by atoms with van der Waals surface area (Å²) in [5.74, 6) is 0.164. The normalized spacial score (nSPS) is 15.0. The lowest BCUT2D eigenvalue weighted by Crippen LogP contribution is -2.21. The van der Waals surface area contributed by atoms with Gasteiger partial charge >= 0.3 is 0 Å². The topological polar surface area (TPSA) is 58.2 Å². The van der Waals surface area contributed by atoms with Crippen molar-refractivity contribution in [1.29, 1.82) is 0 Å². The van der Waals surface area contributed by atoms with Crippen molar-refractivity contribution in [2.24, 2.45) is 0 Å². The highest BCUT2D eigenvalue weighted by Gasteiger charge is 2.16. The molecule has 4 nitrogen and oxygen atoms in total. The number of rotatable bonds is 6. The van der Waals surface area contributed by atoms with Gasteiger partial charge in [-0.1, -0.05) is 12.1 Å². The van der Waals surface area contributed by atoms with Crippen LogP contribution < -0.4 is 10.0 Å². The van der Waals surface area contributed by atoms with Crippen molar-refractivity contribution in [3.05, 3.63) is 29.3 Å². The van der Waals surface area contributed by atoms with E-state index in [2.05, 4.69) is 16.1 Å². The third kappa shape index (κ3) is 3.94. The maximum Gasteiger partial charge on any atom is 0.232 e. The van der Waals surface area contributed by atoms with Crippen molar-refractivity contribution in [3.63, 3.8) is 0 Å². The van der Waals surface area contributed by atoms with Crippen LogP contribution in [-0.2, 0) is 22.9 Å². The molecule has 0 bridgehead atoms. The summed E-state index contributed by atoms with van der Waals surface area (Å²) in [4.78, 5) is 0. The Morgan fingerprint density at radius 2 is 2.00 bits per heavy atom. The van der Waals surface area contributed by atoms with Crippen LogP contribution >= 0.6 is 0 Å². The summed E-state index contributed by atoms with van der Waals surface area (Å²) in [6.45, 7) is 0.716. The van der Waals surface area contributed by atoms with E-state index < -0.39 is 10.0 Å². The summed E-state index contributed by atoms with van der Waals surface area (Å²) in [7, 11) is -1.40. The first-order chi connectivity index (χ1) is 9.12. The Morgan fingerprint density at radius 3 is 2.79 bits per heavy atom. The van der Waals surface area contributed by atoms with Crippen LogP contribution in [0.5, 0.6) is 0 Å². The van der Waals surface area contributed by atoms with Crippen LogP contribution in [-0.4, -0.2) is 27.8 Å². The summed E-state index contributed by atoms with van der Waals surface area (Å²) in [5, 5.41) is 2.96. The highest BCUT2D eigenvalue weighted by atomic mass is 32.2. The van der Waals surface area contributed by atoms with Crippen molar-refractivity contribution in [3.8, 4) is 0 Å². The van der Waals surface area contributed by atoms with Gasteiger partial charge in [-0.05, 0) is 62.9 Å². The molecule has 0 saturated heterocycles. The molecule has 0 heterocycles. The average Bonchev–Trinajstić information content (AvgIpc) is 2.39. The van der Waals surface area contributed by atoms with Crippen LogP contribution in [0.2, 0.25) is 0 Å². The Bertz CT molecular complexity index is 526. The molecule has 2 rings (SSSR count). The maximum absolute atomic E-state index is 12.0. The highest BCUT2D eigenvalue weighted by Crippen LogP contribution is 2.28. The van der Waals surface area contributed by atoms with Crippen LogP contribution in [0.3, 0.4) is 0 Å². The van der Waals surface area contributed by atoms with E-state index in [1.807, 2.05) is 19.2 Å². The Kier molecular flexibility index (Phi) is 4.82. The first-order valence-corrected chi connectivity index (χ1v) is 8.53. The van der Waals surface area contributed by atoms with Gasteiger partial charge in [0.25, 0.3) is 0 Å². The minimum absolute atomic E-state index is 0.164. The summed E-state index contributed by atoms with van der Waals surface area (Å²) >= 11 is 0. The van der Waals surface area contributed by atoms with Crippen LogP contribution in [0.4, 0.5) is 5.69 Å². The van der Waals surface area contributed by atoms with Gasteiger partial charge < -0.3 is 5.32 Å². The first-order valence-electron chi connectivity index (χ1n) is 6.88. The number of nitrogens with one attached hydrogen (secondary N) is 2. The third-order valence-corrected chi connectivity index (χ3v) is 4.86. The van der Waals surface area contributed by atoms with Gasteiger partial charge in [0.2, 0.25) is 10.0 Å². The molecule has 0 unspecified atom stereocenters. The lowest BCUT2D eigenvalue weighted by atomic mass is 9.91. The van der Waals surface area contributed by atoms with Gasteiger partial charge in [-0.3, -0.25) is 4.72 Å². The van der Waals surface area contributed by atoms with Gasteiger partial charge in [0.05, 0.1) is 11.4 Å². The number of sulfonamides is 1. The quantitative estimate of drug-likeness (QED) is 0.784. The van der Waals surface area contributed by atoms with Gasteiger partial charge in [-0.25, -0.2) is 8.42 Å². The first kappa shape index (κ1) is 14.3. The van der Waals surface area contributed by atoms with Crippen molar-refractivity contribution >= 4 is 15.7 Å². The van der Waals surface area contributed by atoms with Crippen molar-refractivity contribution in [1.82, 2.24) is 5.32 Å². The number of hydrogen-bond donors (Lipinski definition) is 2. The molecule has 0 aliphatic heterocycles. The largest absolute Gasteiger partial charge is 0.320 e. The van der Waals surface area contributed by atoms with Crippen LogP contribution in [0.1, 0.15) is 30.4 Å². The number of anilines is 1. The molecule has 0 amide bonds. The fourth-order valence-corrected chi connectivity index (χ4v) is 3.69. The van der Waals surface area contributed by atoms with Crippen LogP contribution in [0.25, 0.3) is 0 Å². The summed E-state index contributed by atoms with van der Waals surface area (Å²) < 4.78 is 26.8. The van der Waals surface area contributed by atoms with Crippen LogP contribution in [0, 0.1) is 0 Å². The van der Waals surface area contributed by atoms with E-state index in [4.69, 9.17) is 0 Å². The van der Waals surface area contributed by atoms with Gasteiger partial charge in [-0.15, -0.1) is 0 Å². The summed E-state index contributed by atoms with van der Waals surface area (Å²) in [6.07, 6.45) is 5.01. The second kappa shape index (κ2) is 6.39. The van der Waals surface area contributed by atoms with Gasteiger partial charge in [0, 0.05) is 0 Å². The average molecular weight is 282 g/mol. The predicted molar refractivity (Wildman–Crippen MR) is 79.0 cm³/mol. The van der Waals surface area contributed by atoms with E-state index in [0.29, 0.717) is 13.0 Å². The zero-order chi connectivity index (χ0) is 13.7. The molecule has 1 aromatic rings. The lowest BCUT2D eigenvalue weighted by molar-refractivity contribution is 0.596. The summed E-state index contributed by atoms with van der Waals surface area (Å²) in [6, 6.07) is 5.92. The van der Waals surface area contributed by atoms with Gasteiger partial charge in [0.15, 0.2) is 0 Å². The second-order valence-corrected chi connectivity index (χ2v) is 6.87. The Labute approximate surface area is 115 Å². The zero-order valence-corrected chi connectivity index (χ0v) is 12.2. The molecule has 0 saturated carbocycles. The van der Waals surface area contributed by atoms with Gasteiger partial charge in [-0.2, -0.15) is 0 Å². The predicted octanol–water partition coefficient (Wildman–Crippen LogP) is 1.92. The molecule has 0 radical (unpaired) electrons. The standard InChI is InChI=1S/C14H22N2O2S/c1-15-10-5-11-19(17,18)16-14-9-4-7-12-6-2-3-8-13(12)14/h4,7,9,15-16H,2-3,5-6,8,10-11H2,1H3. The number of hydrogen-bond acceptors (Lipinski definition) is 3. The minimum Gasteiger partial charge on any atom is -0.320 e. The van der Waals surface area contributed by atoms with E-state index in [1.54, 1.807) is 0 Å². The van der Waals surface area contributed by atoms with E-state index in [-0.39, 0.29) is 5.75 Å². The lowest BCUT2D eigenvalue weighted by Gasteiger charge is -2.20. The maximum atomic E-state index is 12.0. The van der Waals surface area contributed by atoms with E-state index in [1.165, 1.54) is 17.5 Å². The Hall–Kier alpha value is -1.07. The molecule has 0 atom stereocenters. The molecular weight excluding hydrogens is 260 g/mol. The fourth-order valence-electron chi connectivity index (χ4n) is 2.53. The molecule has 1 aliphatic carbocycles. The molecular formula is C14H22N2O2S. The molecule has 5 heteroatoms. The van der Waals surface area contributed by atoms with Crippen molar-refractivity contribution in [2.75, 3.05) is 24.1 Å². The molecule has 0 spiro atoms. The number of aryl methyl sites for hydroxylation is 1. The zero-order valence-electron chi connectivity index (χ0n) is 11.4. The molecule has 1 aromatic carbocycles. The Morgan fingerprint density at radius 1 is 1.21 bits per heavy atom. The molecule has 0 aromatic heterocycles. The molecule has 106 valence electrons. The van der Waals surface area contributed by atoms with E-state index >= 15 is 0 Å². The van der Waals surface area contributed by atoms with Crippen LogP contribution in [0.15, 0.2) is 18.2 Å². The molecule has 0 fully saturated rings.